The number of anilines is 1. The van der Waals surface area contributed by atoms with E-state index in [1.807, 2.05) is 18.5 Å². The van der Waals surface area contributed by atoms with E-state index >= 15 is 0 Å². The molecule has 0 saturated carbocycles. The first-order chi connectivity index (χ1) is 10.8. The van der Waals surface area contributed by atoms with Gasteiger partial charge < -0.3 is 9.88 Å². The van der Waals surface area contributed by atoms with Gasteiger partial charge in [0.05, 0.1) is 6.54 Å². The van der Waals surface area contributed by atoms with Gasteiger partial charge in [-0.3, -0.25) is 0 Å². The maximum atomic E-state index is 4.43. The van der Waals surface area contributed by atoms with Crippen molar-refractivity contribution in [3.05, 3.63) is 59.9 Å². The molecule has 2 heterocycles. The summed E-state index contributed by atoms with van der Waals surface area (Å²) in [7, 11) is 0. The highest BCUT2D eigenvalue weighted by molar-refractivity contribution is 7.09. The molecule has 0 spiro atoms. The van der Waals surface area contributed by atoms with Crippen LogP contribution in [0.4, 0.5) is 5.13 Å². The summed E-state index contributed by atoms with van der Waals surface area (Å²) < 4.78 is 6.46. The van der Waals surface area contributed by atoms with Crippen molar-refractivity contribution in [1.82, 2.24) is 18.9 Å². The van der Waals surface area contributed by atoms with E-state index < -0.39 is 0 Å². The molecule has 5 nitrogen and oxygen atoms in total. The van der Waals surface area contributed by atoms with Gasteiger partial charge in [-0.25, -0.2) is 9.97 Å². The van der Waals surface area contributed by atoms with Crippen molar-refractivity contribution in [1.29, 1.82) is 0 Å². The second-order valence-electron chi connectivity index (χ2n) is 5.00. The van der Waals surface area contributed by atoms with E-state index in [0.717, 1.165) is 36.2 Å². The molecular formula is C16H19N5S. The van der Waals surface area contributed by atoms with E-state index in [4.69, 9.17) is 0 Å². The molecule has 2 aromatic heterocycles. The molecule has 1 aromatic carbocycles. The number of nitrogens with zero attached hydrogens (tertiary/aromatic N) is 4. The van der Waals surface area contributed by atoms with Crippen molar-refractivity contribution in [3.8, 4) is 0 Å². The number of hydrogen-bond donors (Lipinski definition) is 1. The molecule has 114 valence electrons. The lowest BCUT2D eigenvalue weighted by atomic mass is 10.1. The zero-order valence-electron chi connectivity index (χ0n) is 12.6. The predicted molar refractivity (Wildman–Crippen MR) is 89.0 cm³/mol. The lowest BCUT2D eigenvalue weighted by Gasteiger charge is -2.08. The standard InChI is InChI=1S/C16H19N5S/c1-2-14-19-16(22-20-14)18-12-15-17-9-11-21(15)10-8-13-6-4-3-5-7-13/h3-7,9,11H,2,8,10,12H2,1H3,(H,18,19,20). The van der Waals surface area contributed by atoms with Crippen molar-refractivity contribution in [2.75, 3.05) is 5.32 Å². The lowest BCUT2D eigenvalue weighted by molar-refractivity contribution is 0.658. The van der Waals surface area contributed by atoms with Gasteiger partial charge in [0.2, 0.25) is 5.13 Å². The van der Waals surface area contributed by atoms with Crippen LogP contribution in [0.3, 0.4) is 0 Å². The van der Waals surface area contributed by atoms with Crippen LogP contribution in [0.1, 0.15) is 24.1 Å². The Morgan fingerprint density at radius 2 is 2.09 bits per heavy atom. The average molecular weight is 313 g/mol. The number of hydrogen-bond acceptors (Lipinski definition) is 5. The summed E-state index contributed by atoms with van der Waals surface area (Å²) >= 11 is 1.40. The number of rotatable bonds is 7. The maximum Gasteiger partial charge on any atom is 0.202 e. The Hall–Kier alpha value is -2.21. The first-order valence-electron chi connectivity index (χ1n) is 7.45. The topological polar surface area (TPSA) is 55.6 Å². The Kier molecular flexibility index (Phi) is 4.80. The third-order valence-corrected chi connectivity index (χ3v) is 4.18. The van der Waals surface area contributed by atoms with Crippen LogP contribution in [0.15, 0.2) is 42.7 Å². The molecule has 0 radical (unpaired) electrons. The van der Waals surface area contributed by atoms with Crippen LogP contribution in [0.2, 0.25) is 0 Å². The van der Waals surface area contributed by atoms with Gasteiger partial charge in [0.15, 0.2) is 0 Å². The molecule has 0 unspecified atom stereocenters. The molecule has 0 atom stereocenters. The molecule has 22 heavy (non-hydrogen) atoms. The highest BCUT2D eigenvalue weighted by Crippen LogP contribution is 2.13. The summed E-state index contributed by atoms with van der Waals surface area (Å²) in [5.41, 5.74) is 1.34. The van der Waals surface area contributed by atoms with Crippen molar-refractivity contribution in [2.45, 2.75) is 32.9 Å². The average Bonchev–Trinajstić information content (AvgIpc) is 3.20. The van der Waals surface area contributed by atoms with Crippen LogP contribution in [0.25, 0.3) is 0 Å². The monoisotopic (exact) mass is 313 g/mol. The zero-order valence-corrected chi connectivity index (χ0v) is 13.4. The van der Waals surface area contributed by atoms with Gasteiger partial charge in [0.25, 0.3) is 0 Å². The molecular weight excluding hydrogens is 294 g/mol. The Labute approximate surface area is 134 Å². The van der Waals surface area contributed by atoms with Crippen LogP contribution in [-0.4, -0.2) is 18.9 Å². The molecule has 6 heteroatoms. The molecule has 3 rings (SSSR count). The third kappa shape index (κ3) is 3.71. The summed E-state index contributed by atoms with van der Waals surface area (Å²) in [6.45, 7) is 3.65. The van der Waals surface area contributed by atoms with Crippen molar-refractivity contribution >= 4 is 16.7 Å². The third-order valence-electron chi connectivity index (χ3n) is 3.47. The Bertz CT molecular complexity index is 704. The predicted octanol–water partition coefficient (Wildman–Crippen LogP) is 3.15. The van der Waals surface area contributed by atoms with E-state index in [0.29, 0.717) is 6.54 Å². The number of aromatic nitrogens is 4. The smallest absolute Gasteiger partial charge is 0.202 e. The fourth-order valence-corrected chi connectivity index (χ4v) is 2.87. The minimum Gasteiger partial charge on any atom is -0.353 e. The molecule has 1 N–H and O–H groups in total. The zero-order chi connectivity index (χ0) is 15.2. The highest BCUT2D eigenvalue weighted by atomic mass is 32.1. The maximum absolute atomic E-state index is 4.43. The van der Waals surface area contributed by atoms with Crippen molar-refractivity contribution in [2.24, 2.45) is 0 Å². The number of imidazole rings is 1. The SMILES string of the molecule is CCc1nsc(NCc2nccn2CCc2ccccc2)n1. The van der Waals surface area contributed by atoms with Gasteiger partial charge in [-0.05, 0) is 12.0 Å². The van der Waals surface area contributed by atoms with E-state index in [9.17, 15) is 0 Å². The normalized spacial score (nSPS) is 10.8. The van der Waals surface area contributed by atoms with E-state index in [1.165, 1.54) is 17.1 Å². The quantitative estimate of drug-likeness (QED) is 0.728. The fraction of sp³-hybridized carbons (Fsp3) is 0.312. The summed E-state index contributed by atoms with van der Waals surface area (Å²) in [6, 6.07) is 10.5. The number of aryl methyl sites for hydroxylation is 3. The van der Waals surface area contributed by atoms with Crippen LogP contribution < -0.4 is 5.32 Å². The molecule has 0 aliphatic heterocycles. The van der Waals surface area contributed by atoms with Crippen LogP contribution >= 0.6 is 11.5 Å². The Morgan fingerprint density at radius 1 is 1.23 bits per heavy atom. The van der Waals surface area contributed by atoms with E-state index in [1.54, 1.807) is 0 Å². The van der Waals surface area contributed by atoms with E-state index in [-0.39, 0.29) is 0 Å². The van der Waals surface area contributed by atoms with Gasteiger partial charge in [-0.2, -0.15) is 4.37 Å². The van der Waals surface area contributed by atoms with Gasteiger partial charge in [-0.15, -0.1) is 0 Å². The second-order valence-corrected chi connectivity index (χ2v) is 5.75. The van der Waals surface area contributed by atoms with Gasteiger partial charge in [0, 0.05) is 36.9 Å². The molecule has 0 fully saturated rings. The van der Waals surface area contributed by atoms with Gasteiger partial charge >= 0.3 is 0 Å². The van der Waals surface area contributed by atoms with Crippen LogP contribution in [0, 0.1) is 0 Å². The first-order valence-corrected chi connectivity index (χ1v) is 8.23. The van der Waals surface area contributed by atoms with Gasteiger partial charge in [0.1, 0.15) is 11.6 Å². The largest absolute Gasteiger partial charge is 0.353 e. The van der Waals surface area contributed by atoms with Gasteiger partial charge in [-0.1, -0.05) is 37.3 Å². The summed E-state index contributed by atoms with van der Waals surface area (Å²) in [5, 5.41) is 4.16. The Balaban J connectivity index is 1.57. The van der Waals surface area contributed by atoms with Crippen molar-refractivity contribution < 1.29 is 0 Å². The minimum absolute atomic E-state index is 0.667. The van der Waals surface area contributed by atoms with Crippen LogP contribution in [-0.2, 0) is 25.9 Å². The minimum atomic E-state index is 0.667. The van der Waals surface area contributed by atoms with E-state index in [2.05, 4.69) is 55.4 Å². The summed E-state index contributed by atoms with van der Waals surface area (Å²) in [6.07, 6.45) is 5.74. The summed E-state index contributed by atoms with van der Waals surface area (Å²) in [5.74, 6) is 1.91. The number of nitrogens with one attached hydrogen (secondary N) is 1. The molecule has 0 aliphatic carbocycles. The second kappa shape index (κ2) is 7.17. The first kappa shape index (κ1) is 14.7. The highest BCUT2D eigenvalue weighted by Gasteiger charge is 2.06. The van der Waals surface area contributed by atoms with Crippen LogP contribution in [0.5, 0.6) is 0 Å². The lowest BCUT2D eigenvalue weighted by Crippen LogP contribution is -2.10. The molecule has 0 aliphatic rings. The molecule has 0 amide bonds. The fourth-order valence-electron chi connectivity index (χ4n) is 2.23. The molecule has 0 bridgehead atoms. The van der Waals surface area contributed by atoms with Crippen molar-refractivity contribution in [3.63, 3.8) is 0 Å². The molecule has 0 saturated heterocycles. The molecule has 3 aromatic rings. The number of benzene rings is 1. The summed E-state index contributed by atoms with van der Waals surface area (Å²) in [4.78, 5) is 8.84. The Morgan fingerprint density at radius 3 is 2.86 bits per heavy atom.